The first-order valence-corrected chi connectivity index (χ1v) is 7.13. The summed E-state index contributed by atoms with van der Waals surface area (Å²) in [5.74, 6) is 0.528. The lowest BCUT2D eigenvalue weighted by Crippen LogP contribution is -2.28. The molecule has 1 aromatic rings. The van der Waals surface area contributed by atoms with Crippen LogP contribution in [0.4, 0.5) is 0 Å². The van der Waals surface area contributed by atoms with Crippen LogP contribution in [0.25, 0.3) is 0 Å². The van der Waals surface area contributed by atoms with Crippen molar-refractivity contribution >= 4 is 23.2 Å². The van der Waals surface area contributed by atoms with Crippen molar-refractivity contribution in [3.05, 3.63) is 33.8 Å². The molecule has 1 atom stereocenters. The van der Waals surface area contributed by atoms with Crippen molar-refractivity contribution in [1.82, 2.24) is 0 Å². The van der Waals surface area contributed by atoms with E-state index in [9.17, 15) is 0 Å². The van der Waals surface area contributed by atoms with Gasteiger partial charge < -0.3 is 5.73 Å². The van der Waals surface area contributed by atoms with Gasteiger partial charge >= 0.3 is 0 Å². The number of hydrogen-bond acceptors (Lipinski definition) is 1. The van der Waals surface area contributed by atoms with Crippen LogP contribution in [0.1, 0.15) is 33.3 Å². The molecule has 0 amide bonds. The minimum absolute atomic E-state index is 0.131. The van der Waals surface area contributed by atoms with Crippen LogP contribution in [0.5, 0.6) is 0 Å². The van der Waals surface area contributed by atoms with Crippen molar-refractivity contribution in [3.63, 3.8) is 0 Å². The van der Waals surface area contributed by atoms with E-state index in [-0.39, 0.29) is 6.04 Å². The van der Waals surface area contributed by atoms with Gasteiger partial charge in [-0.2, -0.15) is 0 Å². The summed E-state index contributed by atoms with van der Waals surface area (Å²) in [5, 5.41) is 1.47. The average molecular weight is 286 g/mol. The van der Waals surface area contributed by atoms with Crippen LogP contribution in [0.3, 0.4) is 0 Å². The fourth-order valence-corrected chi connectivity index (χ4v) is 3.78. The van der Waals surface area contributed by atoms with Gasteiger partial charge in [-0.05, 0) is 46.9 Å². The summed E-state index contributed by atoms with van der Waals surface area (Å²) in [6.45, 7) is 9.16. The molecule has 0 bridgehead atoms. The number of nitrogens with two attached hydrogens (primary N) is 1. The lowest BCUT2D eigenvalue weighted by molar-refractivity contribution is 0.457. The Labute approximate surface area is 120 Å². The van der Waals surface area contributed by atoms with E-state index in [0.29, 0.717) is 16.7 Å². The molecule has 0 radical (unpaired) electrons. The Kier molecular flexibility index (Phi) is 3.46. The lowest BCUT2D eigenvalue weighted by Gasteiger charge is -2.15. The van der Waals surface area contributed by atoms with Gasteiger partial charge in [0.25, 0.3) is 0 Å². The van der Waals surface area contributed by atoms with Crippen LogP contribution in [0.2, 0.25) is 10.0 Å². The van der Waals surface area contributed by atoms with Gasteiger partial charge in [-0.1, -0.05) is 50.9 Å². The Balaban J connectivity index is 2.14. The summed E-state index contributed by atoms with van der Waals surface area (Å²) in [4.78, 5) is 0. The minimum atomic E-state index is 0.131. The van der Waals surface area contributed by atoms with E-state index in [4.69, 9.17) is 28.9 Å². The van der Waals surface area contributed by atoms with Gasteiger partial charge in [-0.15, -0.1) is 0 Å². The standard InChI is InChI=1S/C15H21Cl2N/c1-14(2)13(15(14,3)4)12(18)8-9-7-10(16)5-6-11(9)17/h5-7,12-13H,8,18H2,1-4H3. The summed E-state index contributed by atoms with van der Waals surface area (Å²) in [5.41, 5.74) is 8.04. The molecule has 18 heavy (non-hydrogen) atoms. The first-order valence-electron chi connectivity index (χ1n) is 6.37. The highest BCUT2D eigenvalue weighted by Gasteiger charge is 2.66. The molecule has 0 aromatic heterocycles. The Morgan fingerprint density at radius 1 is 1.17 bits per heavy atom. The van der Waals surface area contributed by atoms with E-state index >= 15 is 0 Å². The Hall–Kier alpha value is -0.240. The Morgan fingerprint density at radius 3 is 2.22 bits per heavy atom. The Bertz CT molecular complexity index is 452. The molecule has 0 saturated heterocycles. The molecule has 0 heterocycles. The van der Waals surface area contributed by atoms with Gasteiger partial charge in [0.15, 0.2) is 0 Å². The van der Waals surface area contributed by atoms with Gasteiger partial charge in [-0.3, -0.25) is 0 Å². The van der Waals surface area contributed by atoms with Gasteiger partial charge in [0.1, 0.15) is 0 Å². The van der Waals surface area contributed by atoms with Crippen molar-refractivity contribution in [2.75, 3.05) is 0 Å². The highest BCUT2D eigenvalue weighted by atomic mass is 35.5. The highest BCUT2D eigenvalue weighted by molar-refractivity contribution is 6.33. The van der Waals surface area contributed by atoms with Crippen LogP contribution >= 0.6 is 23.2 Å². The maximum absolute atomic E-state index is 6.38. The molecular formula is C15H21Cl2N. The van der Waals surface area contributed by atoms with Gasteiger partial charge in [-0.25, -0.2) is 0 Å². The number of halogens is 2. The quantitative estimate of drug-likeness (QED) is 0.867. The fourth-order valence-electron chi connectivity index (χ4n) is 3.39. The summed E-state index contributed by atoms with van der Waals surface area (Å²) in [7, 11) is 0. The zero-order chi connectivity index (χ0) is 13.7. The highest BCUT2D eigenvalue weighted by Crippen LogP contribution is 2.69. The molecule has 1 fully saturated rings. The normalized spacial score (nSPS) is 22.8. The molecule has 2 rings (SSSR count). The van der Waals surface area contributed by atoms with E-state index in [1.165, 1.54) is 0 Å². The molecule has 100 valence electrons. The maximum Gasteiger partial charge on any atom is 0.0439 e. The largest absolute Gasteiger partial charge is 0.327 e. The SMILES string of the molecule is CC1(C)C(C(N)Cc2cc(Cl)ccc2Cl)C1(C)C. The van der Waals surface area contributed by atoms with E-state index in [1.807, 2.05) is 18.2 Å². The Morgan fingerprint density at radius 2 is 1.72 bits per heavy atom. The van der Waals surface area contributed by atoms with Crippen molar-refractivity contribution < 1.29 is 0 Å². The predicted molar refractivity (Wildman–Crippen MR) is 79.2 cm³/mol. The summed E-state index contributed by atoms with van der Waals surface area (Å²) < 4.78 is 0. The van der Waals surface area contributed by atoms with Gasteiger partial charge in [0.2, 0.25) is 0 Å². The van der Waals surface area contributed by atoms with Crippen LogP contribution < -0.4 is 5.73 Å². The summed E-state index contributed by atoms with van der Waals surface area (Å²) in [6.07, 6.45) is 0.789. The number of hydrogen-bond donors (Lipinski definition) is 1. The van der Waals surface area contributed by atoms with Crippen molar-refractivity contribution in [3.8, 4) is 0 Å². The van der Waals surface area contributed by atoms with Crippen LogP contribution in [-0.4, -0.2) is 6.04 Å². The van der Waals surface area contributed by atoms with Gasteiger partial charge in [0.05, 0.1) is 0 Å². The smallest absolute Gasteiger partial charge is 0.0439 e. The van der Waals surface area contributed by atoms with E-state index in [2.05, 4.69) is 27.7 Å². The monoisotopic (exact) mass is 285 g/mol. The third-order valence-corrected chi connectivity index (χ3v) is 5.63. The molecule has 1 unspecified atom stereocenters. The molecule has 0 spiro atoms. The molecular weight excluding hydrogens is 265 g/mol. The topological polar surface area (TPSA) is 26.0 Å². The zero-order valence-electron chi connectivity index (χ0n) is 11.4. The van der Waals surface area contributed by atoms with E-state index < -0.39 is 0 Å². The van der Waals surface area contributed by atoms with Crippen molar-refractivity contribution in [2.24, 2.45) is 22.5 Å². The first kappa shape index (κ1) is 14.2. The molecule has 1 aliphatic rings. The van der Waals surface area contributed by atoms with Crippen molar-refractivity contribution in [1.29, 1.82) is 0 Å². The summed E-state index contributed by atoms with van der Waals surface area (Å²) >= 11 is 12.2. The number of rotatable bonds is 3. The predicted octanol–water partition coefficient (Wildman–Crippen LogP) is 4.55. The zero-order valence-corrected chi connectivity index (χ0v) is 12.9. The third-order valence-electron chi connectivity index (χ3n) is 5.02. The van der Waals surface area contributed by atoms with E-state index in [1.54, 1.807) is 0 Å². The van der Waals surface area contributed by atoms with Crippen LogP contribution in [0, 0.1) is 16.7 Å². The van der Waals surface area contributed by atoms with Crippen LogP contribution in [0.15, 0.2) is 18.2 Å². The summed E-state index contributed by atoms with van der Waals surface area (Å²) in [6, 6.07) is 5.71. The van der Waals surface area contributed by atoms with Crippen LogP contribution in [-0.2, 0) is 6.42 Å². The van der Waals surface area contributed by atoms with Crippen molar-refractivity contribution in [2.45, 2.75) is 40.2 Å². The molecule has 1 saturated carbocycles. The second-order valence-electron chi connectivity index (χ2n) is 6.52. The second kappa shape index (κ2) is 4.40. The average Bonchev–Trinajstić information content (AvgIpc) is 2.63. The lowest BCUT2D eigenvalue weighted by atomic mass is 9.98. The first-order chi connectivity index (χ1) is 8.18. The molecule has 1 aromatic carbocycles. The van der Waals surface area contributed by atoms with E-state index in [0.717, 1.165) is 22.0 Å². The molecule has 1 aliphatic carbocycles. The second-order valence-corrected chi connectivity index (χ2v) is 7.37. The third kappa shape index (κ3) is 2.17. The maximum atomic E-state index is 6.38. The fraction of sp³-hybridized carbons (Fsp3) is 0.600. The van der Waals surface area contributed by atoms with Gasteiger partial charge in [0, 0.05) is 16.1 Å². The number of benzene rings is 1. The molecule has 2 N–H and O–H groups in total. The molecule has 0 aliphatic heterocycles. The minimum Gasteiger partial charge on any atom is -0.327 e. The molecule has 3 heteroatoms. The molecule has 1 nitrogen and oxygen atoms in total.